The van der Waals surface area contributed by atoms with Gasteiger partial charge in [-0.15, -0.1) is 0 Å². The van der Waals surface area contributed by atoms with Crippen LogP contribution in [0.3, 0.4) is 0 Å². The van der Waals surface area contributed by atoms with Crippen molar-refractivity contribution in [3.8, 4) is 6.07 Å². The Balaban J connectivity index is 1.55. The van der Waals surface area contributed by atoms with Gasteiger partial charge in [0.25, 0.3) is 0 Å². The van der Waals surface area contributed by atoms with Crippen molar-refractivity contribution in [2.45, 2.75) is 96.8 Å². The van der Waals surface area contributed by atoms with E-state index in [0.717, 1.165) is 36.5 Å². The molecular weight excluding hydrogens is 297 g/mol. The summed E-state index contributed by atoms with van der Waals surface area (Å²) < 4.78 is 12.8. The van der Waals surface area contributed by atoms with Crippen molar-refractivity contribution in [3.63, 3.8) is 0 Å². The lowest BCUT2D eigenvalue weighted by molar-refractivity contribution is 0.210. The van der Waals surface area contributed by atoms with E-state index in [9.17, 15) is 4.39 Å². The van der Waals surface area contributed by atoms with Crippen molar-refractivity contribution < 1.29 is 4.39 Å². The van der Waals surface area contributed by atoms with Crippen LogP contribution < -0.4 is 0 Å². The summed E-state index contributed by atoms with van der Waals surface area (Å²) in [6.07, 6.45) is 20.3. The fourth-order valence-corrected chi connectivity index (χ4v) is 4.99. The minimum absolute atomic E-state index is 0.614. The molecular formula is C22H36FN. The molecule has 0 aromatic rings. The summed E-state index contributed by atoms with van der Waals surface area (Å²) in [6, 6.07) is 1.56. The molecule has 2 saturated carbocycles. The zero-order valence-electron chi connectivity index (χ0n) is 15.6. The number of allylic oxidation sites excluding steroid dienone is 2. The predicted molar refractivity (Wildman–Crippen MR) is 99.1 cm³/mol. The minimum Gasteiger partial charge on any atom is -0.195 e. The van der Waals surface area contributed by atoms with Crippen molar-refractivity contribution in [2.75, 3.05) is 0 Å². The zero-order valence-corrected chi connectivity index (χ0v) is 15.6. The third-order valence-electron chi connectivity index (χ3n) is 6.62. The van der Waals surface area contributed by atoms with Gasteiger partial charge in [-0.2, -0.15) is 9.65 Å². The highest BCUT2D eigenvalue weighted by molar-refractivity contribution is 5.11. The molecule has 2 rings (SSSR count). The molecule has 2 aliphatic carbocycles. The summed E-state index contributed by atoms with van der Waals surface area (Å²) in [4.78, 5) is 0. The largest absolute Gasteiger partial charge is 0.196 e. The molecule has 0 aromatic heterocycles. The van der Waals surface area contributed by atoms with Gasteiger partial charge in [0.1, 0.15) is 6.07 Å². The van der Waals surface area contributed by atoms with Crippen molar-refractivity contribution in [1.82, 2.24) is 0 Å². The molecule has 0 radical (unpaired) electrons. The van der Waals surface area contributed by atoms with Gasteiger partial charge in [0.05, 0.1) is 0 Å². The van der Waals surface area contributed by atoms with Crippen LogP contribution in [0.2, 0.25) is 0 Å². The van der Waals surface area contributed by atoms with Crippen LogP contribution in [0.4, 0.5) is 4.39 Å². The lowest BCUT2D eigenvalue weighted by atomic mass is 9.74. The smallest absolute Gasteiger partial charge is 0.195 e. The van der Waals surface area contributed by atoms with Crippen LogP contribution in [0.5, 0.6) is 0 Å². The number of hydrogen-bond donors (Lipinski definition) is 0. The van der Waals surface area contributed by atoms with E-state index in [4.69, 9.17) is 5.26 Å². The van der Waals surface area contributed by atoms with Crippen LogP contribution in [0.25, 0.3) is 0 Å². The maximum Gasteiger partial charge on any atom is 0.196 e. The van der Waals surface area contributed by atoms with E-state index in [0.29, 0.717) is 0 Å². The molecule has 0 N–H and O–H groups in total. The van der Waals surface area contributed by atoms with Crippen LogP contribution in [0.1, 0.15) is 96.8 Å². The average molecular weight is 334 g/mol. The third kappa shape index (κ3) is 6.96. The van der Waals surface area contributed by atoms with E-state index in [1.807, 2.05) is 0 Å². The first kappa shape index (κ1) is 19.5. The Kier molecular flexibility index (Phi) is 8.86. The van der Waals surface area contributed by atoms with Crippen molar-refractivity contribution in [1.29, 1.82) is 5.26 Å². The van der Waals surface area contributed by atoms with Gasteiger partial charge in [0.15, 0.2) is 5.83 Å². The van der Waals surface area contributed by atoms with Crippen molar-refractivity contribution >= 4 is 0 Å². The first-order chi connectivity index (χ1) is 11.7. The van der Waals surface area contributed by atoms with E-state index in [1.54, 1.807) is 6.07 Å². The monoisotopic (exact) mass is 333 g/mol. The van der Waals surface area contributed by atoms with Gasteiger partial charge in [-0.3, -0.25) is 0 Å². The second-order valence-electron chi connectivity index (χ2n) is 8.38. The van der Waals surface area contributed by atoms with Crippen LogP contribution in [0, 0.1) is 35.0 Å². The second kappa shape index (κ2) is 10.9. The van der Waals surface area contributed by atoms with Crippen LogP contribution in [-0.4, -0.2) is 0 Å². The Morgan fingerprint density at radius 2 is 1.25 bits per heavy atom. The molecule has 0 unspecified atom stereocenters. The second-order valence-corrected chi connectivity index (χ2v) is 8.38. The minimum atomic E-state index is -0.614. The molecule has 0 bridgehead atoms. The van der Waals surface area contributed by atoms with Gasteiger partial charge in [0.2, 0.25) is 0 Å². The first-order valence-corrected chi connectivity index (χ1v) is 10.5. The highest BCUT2D eigenvalue weighted by Crippen LogP contribution is 2.38. The lowest BCUT2D eigenvalue weighted by Gasteiger charge is -2.32. The van der Waals surface area contributed by atoms with Gasteiger partial charge in [-0.05, 0) is 42.6 Å². The van der Waals surface area contributed by atoms with Crippen LogP contribution in [-0.2, 0) is 0 Å². The topological polar surface area (TPSA) is 23.8 Å². The van der Waals surface area contributed by atoms with Gasteiger partial charge < -0.3 is 0 Å². The molecule has 1 nitrogen and oxygen atoms in total. The Hall–Kier alpha value is -0.840. The molecule has 0 saturated heterocycles. The SMILES string of the molecule is CCCC1CCC(CCC2CCC(CCC=C(F)C#N)CC2)CC1. The molecule has 0 aliphatic heterocycles. The third-order valence-corrected chi connectivity index (χ3v) is 6.62. The van der Waals surface area contributed by atoms with Crippen molar-refractivity contribution in [3.05, 3.63) is 11.9 Å². The maximum absolute atomic E-state index is 12.8. The molecule has 2 heteroatoms. The Morgan fingerprint density at radius 3 is 1.67 bits per heavy atom. The first-order valence-electron chi connectivity index (χ1n) is 10.5. The number of nitrogens with zero attached hydrogens (tertiary/aromatic N) is 1. The Labute approximate surface area is 148 Å². The molecule has 2 aliphatic rings. The molecule has 136 valence electrons. The van der Waals surface area contributed by atoms with E-state index >= 15 is 0 Å². The fourth-order valence-electron chi connectivity index (χ4n) is 4.99. The molecule has 0 heterocycles. The summed E-state index contributed by atoms with van der Waals surface area (Å²) in [5, 5.41) is 8.42. The fraction of sp³-hybridized carbons (Fsp3) is 0.864. The van der Waals surface area contributed by atoms with E-state index in [-0.39, 0.29) is 0 Å². The standard InChI is InChI=1S/C22H36FN/c1-2-4-18-7-11-20(12-8-18)15-16-21-13-9-19(10-14-21)5-3-6-22(23)17-24/h6,18-21H,2-5,7-16H2,1H3. The normalized spacial score (nSPS) is 31.6. The number of hydrogen-bond acceptors (Lipinski definition) is 1. The summed E-state index contributed by atoms with van der Waals surface area (Å²) >= 11 is 0. The maximum atomic E-state index is 12.8. The number of nitriles is 1. The number of halogens is 1. The average Bonchev–Trinajstić information content (AvgIpc) is 2.62. The lowest BCUT2D eigenvalue weighted by Crippen LogP contribution is -2.18. The summed E-state index contributed by atoms with van der Waals surface area (Å²) in [7, 11) is 0. The molecule has 0 atom stereocenters. The van der Waals surface area contributed by atoms with Gasteiger partial charge in [-0.25, -0.2) is 0 Å². The summed E-state index contributed by atoms with van der Waals surface area (Å²) in [6.45, 7) is 2.32. The van der Waals surface area contributed by atoms with E-state index in [2.05, 4.69) is 6.92 Å². The molecule has 0 aromatic carbocycles. The highest BCUT2D eigenvalue weighted by Gasteiger charge is 2.24. The van der Waals surface area contributed by atoms with Gasteiger partial charge in [0, 0.05) is 0 Å². The Morgan fingerprint density at radius 1 is 0.833 bits per heavy atom. The van der Waals surface area contributed by atoms with E-state index in [1.165, 1.54) is 83.1 Å². The Bertz CT molecular complexity index is 406. The quantitative estimate of drug-likeness (QED) is 0.426. The molecule has 2 fully saturated rings. The zero-order chi connectivity index (χ0) is 17.2. The summed E-state index contributed by atoms with van der Waals surface area (Å²) in [5.74, 6) is 3.13. The van der Waals surface area contributed by atoms with Gasteiger partial charge in [-0.1, -0.05) is 84.0 Å². The van der Waals surface area contributed by atoms with Crippen LogP contribution in [0.15, 0.2) is 11.9 Å². The highest BCUT2D eigenvalue weighted by atomic mass is 19.1. The van der Waals surface area contributed by atoms with Crippen molar-refractivity contribution in [2.24, 2.45) is 23.7 Å². The van der Waals surface area contributed by atoms with Gasteiger partial charge >= 0.3 is 0 Å². The van der Waals surface area contributed by atoms with E-state index < -0.39 is 5.83 Å². The van der Waals surface area contributed by atoms with Crippen LogP contribution >= 0.6 is 0 Å². The molecule has 0 spiro atoms. The summed E-state index contributed by atoms with van der Waals surface area (Å²) in [5.41, 5.74) is 0. The number of rotatable bonds is 8. The molecule has 24 heavy (non-hydrogen) atoms. The predicted octanol–water partition coefficient (Wildman–Crippen LogP) is 7.34. The molecule has 0 amide bonds.